The summed E-state index contributed by atoms with van der Waals surface area (Å²) in [5, 5.41) is 2.83. The quantitative estimate of drug-likeness (QED) is 0.327. The van der Waals surface area contributed by atoms with Crippen LogP contribution in [0.25, 0.3) is 0 Å². The van der Waals surface area contributed by atoms with Gasteiger partial charge in [-0.05, 0) is 59.7 Å². The van der Waals surface area contributed by atoms with Gasteiger partial charge in [0.15, 0.2) is 0 Å². The van der Waals surface area contributed by atoms with Crippen molar-refractivity contribution in [3.8, 4) is 0 Å². The minimum Gasteiger partial charge on any atom is -0.371 e. The number of nitrogens with one attached hydrogen (secondary N) is 2. The Balaban J connectivity index is 1.63. The molecule has 0 spiro atoms. The Morgan fingerprint density at radius 3 is 2.27 bits per heavy atom. The number of halogens is 4. The summed E-state index contributed by atoms with van der Waals surface area (Å²) < 4.78 is 80.6. The van der Waals surface area contributed by atoms with Gasteiger partial charge in [-0.25, -0.2) is 12.8 Å². The van der Waals surface area contributed by atoms with Crippen molar-refractivity contribution in [1.82, 2.24) is 5.32 Å². The molecule has 11 heteroatoms. The summed E-state index contributed by atoms with van der Waals surface area (Å²) in [6.45, 7) is 3.31. The molecule has 6 nitrogen and oxygen atoms in total. The Labute approximate surface area is 231 Å². The first-order valence-electron chi connectivity index (χ1n) is 12.9. The predicted octanol–water partition coefficient (Wildman–Crippen LogP) is 5.90. The van der Waals surface area contributed by atoms with Gasteiger partial charge >= 0.3 is 6.18 Å². The number of nitrogens with zero attached hydrogens (tertiary/aromatic N) is 1. The maximum absolute atomic E-state index is 14.8. The number of amides is 1. The standard InChI is InChI=1S/C29H31F4N3O3S/c1-19-12-14-36(15-13-19)26-17-23(29(31,32)33)10-8-22(26)18-34-28(37)27(20-6-4-3-5-7-20)21-9-11-25(24(30)16-21)35-40(2,38)39/h3-11,16-17,19,27,35H,12-15,18H2,1-2H3,(H,34,37). The zero-order valence-electron chi connectivity index (χ0n) is 22.1. The Kier molecular flexibility index (Phi) is 8.72. The van der Waals surface area contributed by atoms with Crippen molar-refractivity contribution in [3.05, 3.63) is 94.8 Å². The van der Waals surface area contributed by atoms with E-state index < -0.39 is 39.4 Å². The maximum atomic E-state index is 14.8. The van der Waals surface area contributed by atoms with Gasteiger partial charge in [-0.1, -0.05) is 49.4 Å². The van der Waals surface area contributed by atoms with Crippen LogP contribution < -0.4 is 14.9 Å². The molecule has 4 rings (SSSR count). The lowest BCUT2D eigenvalue weighted by molar-refractivity contribution is -0.137. The number of rotatable bonds is 8. The molecule has 1 aliphatic heterocycles. The second-order valence-corrected chi connectivity index (χ2v) is 11.9. The van der Waals surface area contributed by atoms with E-state index in [1.54, 1.807) is 30.3 Å². The third kappa shape index (κ3) is 7.32. The van der Waals surface area contributed by atoms with Crippen LogP contribution in [0.3, 0.4) is 0 Å². The summed E-state index contributed by atoms with van der Waals surface area (Å²) in [5.74, 6) is -1.79. The van der Waals surface area contributed by atoms with E-state index >= 15 is 0 Å². The van der Waals surface area contributed by atoms with Crippen LogP contribution in [0.15, 0.2) is 66.7 Å². The first kappa shape index (κ1) is 29.4. The molecule has 40 heavy (non-hydrogen) atoms. The first-order valence-corrected chi connectivity index (χ1v) is 14.8. The van der Waals surface area contributed by atoms with Crippen molar-refractivity contribution < 1.29 is 30.8 Å². The molecule has 2 N–H and O–H groups in total. The molecule has 1 amide bonds. The molecule has 1 atom stereocenters. The number of sulfonamides is 1. The first-order chi connectivity index (χ1) is 18.8. The molecule has 1 saturated heterocycles. The third-order valence-electron chi connectivity index (χ3n) is 7.01. The molecule has 3 aromatic carbocycles. The highest BCUT2D eigenvalue weighted by Gasteiger charge is 2.32. The van der Waals surface area contributed by atoms with Crippen molar-refractivity contribution in [2.75, 3.05) is 29.0 Å². The Morgan fingerprint density at radius 2 is 1.68 bits per heavy atom. The van der Waals surface area contributed by atoms with Gasteiger partial charge < -0.3 is 10.2 Å². The second kappa shape index (κ2) is 11.9. The molecular weight excluding hydrogens is 546 g/mol. The summed E-state index contributed by atoms with van der Waals surface area (Å²) in [4.78, 5) is 15.5. The molecule has 0 aliphatic carbocycles. The number of alkyl halides is 3. The average molecular weight is 578 g/mol. The number of piperidine rings is 1. The van der Waals surface area contributed by atoms with E-state index in [4.69, 9.17) is 0 Å². The second-order valence-electron chi connectivity index (χ2n) is 10.2. The fourth-order valence-corrected chi connectivity index (χ4v) is 5.42. The molecule has 1 aliphatic rings. The number of carbonyl (C=O) groups is 1. The van der Waals surface area contributed by atoms with E-state index in [0.717, 1.165) is 37.3 Å². The lowest BCUT2D eigenvalue weighted by Gasteiger charge is -2.34. The summed E-state index contributed by atoms with van der Waals surface area (Å²) >= 11 is 0. The normalized spacial score (nSPS) is 15.5. The van der Waals surface area contributed by atoms with E-state index in [2.05, 4.69) is 17.0 Å². The summed E-state index contributed by atoms with van der Waals surface area (Å²) in [6.07, 6.45) is -1.89. The summed E-state index contributed by atoms with van der Waals surface area (Å²) in [7, 11) is -3.71. The van der Waals surface area contributed by atoms with Crippen molar-refractivity contribution >= 4 is 27.3 Å². The molecule has 1 heterocycles. The van der Waals surface area contributed by atoms with E-state index in [0.29, 0.717) is 35.8 Å². The minimum absolute atomic E-state index is 0.0299. The van der Waals surface area contributed by atoms with E-state index in [1.165, 1.54) is 18.2 Å². The molecule has 0 bridgehead atoms. The predicted molar refractivity (Wildman–Crippen MR) is 147 cm³/mol. The van der Waals surface area contributed by atoms with E-state index in [-0.39, 0.29) is 17.8 Å². The van der Waals surface area contributed by atoms with Crippen LogP contribution in [0.5, 0.6) is 0 Å². The Morgan fingerprint density at radius 1 is 1.00 bits per heavy atom. The fraction of sp³-hybridized carbons (Fsp3) is 0.345. The number of hydrogen-bond acceptors (Lipinski definition) is 4. The van der Waals surface area contributed by atoms with Gasteiger partial charge in [-0.15, -0.1) is 0 Å². The number of benzene rings is 3. The molecule has 3 aromatic rings. The highest BCUT2D eigenvalue weighted by molar-refractivity contribution is 7.92. The summed E-state index contributed by atoms with van der Waals surface area (Å²) in [6, 6.07) is 16.0. The van der Waals surface area contributed by atoms with Crippen LogP contribution >= 0.6 is 0 Å². The Bertz CT molecular complexity index is 1460. The van der Waals surface area contributed by atoms with Gasteiger partial charge in [0.2, 0.25) is 15.9 Å². The molecule has 0 saturated carbocycles. The van der Waals surface area contributed by atoms with Gasteiger partial charge in [0.05, 0.1) is 23.4 Å². The number of carbonyl (C=O) groups excluding carboxylic acids is 1. The Hall–Kier alpha value is -3.60. The van der Waals surface area contributed by atoms with Gasteiger partial charge in [0.1, 0.15) is 5.82 Å². The third-order valence-corrected chi connectivity index (χ3v) is 7.60. The van der Waals surface area contributed by atoms with Gasteiger partial charge in [-0.3, -0.25) is 9.52 Å². The molecular formula is C29H31F4N3O3S. The van der Waals surface area contributed by atoms with Crippen LogP contribution in [0.1, 0.15) is 47.9 Å². The monoisotopic (exact) mass is 577 g/mol. The largest absolute Gasteiger partial charge is 0.416 e. The number of anilines is 2. The average Bonchev–Trinajstić information content (AvgIpc) is 2.89. The fourth-order valence-electron chi connectivity index (χ4n) is 4.85. The van der Waals surface area contributed by atoms with Crippen LogP contribution in [-0.2, 0) is 27.5 Å². The van der Waals surface area contributed by atoms with Crippen molar-refractivity contribution in [3.63, 3.8) is 0 Å². The van der Waals surface area contributed by atoms with E-state index in [1.807, 2.05) is 4.90 Å². The lowest BCUT2D eigenvalue weighted by Crippen LogP contribution is -2.35. The van der Waals surface area contributed by atoms with Crippen LogP contribution in [0, 0.1) is 11.7 Å². The zero-order chi connectivity index (χ0) is 29.1. The molecule has 0 aromatic heterocycles. The van der Waals surface area contributed by atoms with Crippen molar-refractivity contribution in [2.24, 2.45) is 5.92 Å². The number of hydrogen-bond donors (Lipinski definition) is 2. The summed E-state index contributed by atoms with van der Waals surface area (Å²) in [5.41, 5.74) is 0.835. The lowest BCUT2D eigenvalue weighted by atomic mass is 9.90. The van der Waals surface area contributed by atoms with Crippen molar-refractivity contribution in [2.45, 2.75) is 38.4 Å². The van der Waals surface area contributed by atoms with Crippen LogP contribution in [0.4, 0.5) is 28.9 Å². The topological polar surface area (TPSA) is 78.5 Å². The molecule has 214 valence electrons. The smallest absolute Gasteiger partial charge is 0.371 e. The molecule has 1 unspecified atom stereocenters. The van der Waals surface area contributed by atoms with Crippen LogP contribution in [-0.4, -0.2) is 33.7 Å². The zero-order valence-corrected chi connectivity index (χ0v) is 22.9. The SMILES string of the molecule is CC1CCN(c2cc(C(F)(F)F)ccc2CNC(=O)C(c2ccccc2)c2ccc(NS(C)(=O)=O)c(F)c2)CC1. The van der Waals surface area contributed by atoms with Gasteiger partial charge in [0.25, 0.3) is 0 Å². The highest BCUT2D eigenvalue weighted by atomic mass is 32.2. The maximum Gasteiger partial charge on any atom is 0.416 e. The van der Waals surface area contributed by atoms with Crippen molar-refractivity contribution in [1.29, 1.82) is 0 Å². The van der Waals surface area contributed by atoms with Gasteiger partial charge in [0, 0.05) is 25.3 Å². The molecule has 1 fully saturated rings. The van der Waals surface area contributed by atoms with Gasteiger partial charge in [-0.2, -0.15) is 13.2 Å². The van der Waals surface area contributed by atoms with E-state index in [9.17, 15) is 30.8 Å². The highest BCUT2D eigenvalue weighted by Crippen LogP contribution is 2.35. The molecule has 0 radical (unpaired) electrons. The minimum atomic E-state index is -4.50. The van der Waals surface area contributed by atoms with Crippen LogP contribution in [0.2, 0.25) is 0 Å².